The predicted molar refractivity (Wildman–Crippen MR) is 88.3 cm³/mol. The van der Waals surface area contributed by atoms with Crippen LogP contribution < -0.4 is 16.0 Å². The van der Waals surface area contributed by atoms with Crippen LogP contribution in [0.25, 0.3) is 0 Å². The van der Waals surface area contributed by atoms with Crippen molar-refractivity contribution < 1.29 is 4.74 Å². The number of hydrazine groups is 1. The Bertz CT molecular complexity index is 439. The summed E-state index contributed by atoms with van der Waals surface area (Å²) in [5, 5.41) is 0. The van der Waals surface area contributed by atoms with E-state index in [9.17, 15) is 0 Å². The van der Waals surface area contributed by atoms with Crippen LogP contribution in [0.1, 0.15) is 50.2 Å². The van der Waals surface area contributed by atoms with E-state index in [1.54, 1.807) is 7.11 Å². The highest BCUT2D eigenvalue weighted by molar-refractivity contribution is 5.37. The molecule has 118 valence electrons. The van der Waals surface area contributed by atoms with Gasteiger partial charge in [0.1, 0.15) is 5.75 Å². The number of nitrogens with two attached hydrogens (primary N) is 1. The number of benzene rings is 1. The SMILES string of the molecule is CCC1CCC(C(Cc2cc(C)ccc2OC)NN)CC1. The van der Waals surface area contributed by atoms with Gasteiger partial charge < -0.3 is 4.74 Å². The summed E-state index contributed by atoms with van der Waals surface area (Å²) in [7, 11) is 1.74. The Morgan fingerprint density at radius 3 is 2.57 bits per heavy atom. The number of aryl methyl sites for hydroxylation is 1. The molecule has 3 N–H and O–H groups in total. The molecule has 0 amide bonds. The van der Waals surface area contributed by atoms with Crippen LogP contribution in [0.5, 0.6) is 5.75 Å². The first-order valence-corrected chi connectivity index (χ1v) is 8.27. The first kappa shape index (κ1) is 16.3. The number of ether oxygens (including phenoxy) is 1. The van der Waals surface area contributed by atoms with Crippen LogP contribution in [-0.4, -0.2) is 13.2 Å². The molecular weight excluding hydrogens is 260 g/mol. The maximum atomic E-state index is 5.86. The van der Waals surface area contributed by atoms with E-state index in [1.165, 1.54) is 43.2 Å². The van der Waals surface area contributed by atoms with Gasteiger partial charge in [-0.3, -0.25) is 11.3 Å². The summed E-state index contributed by atoms with van der Waals surface area (Å²) < 4.78 is 5.50. The predicted octanol–water partition coefficient (Wildman–Crippen LogP) is 3.59. The van der Waals surface area contributed by atoms with E-state index >= 15 is 0 Å². The fourth-order valence-corrected chi connectivity index (χ4v) is 3.66. The third-order valence-corrected chi connectivity index (χ3v) is 5.13. The minimum atomic E-state index is 0.346. The van der Waals surface area contributed by atoms with Gasteiger partial charge in [-0.25, -0.2) is 0 Å². The Morgan fingerprint density at radius 1 is 1.29 bits per heavy atom. The second-order valence-electron chi connectivity index (χ2n) is 6.48. The van der Waals surface area contributed by atoms with E-state index in [0.29, 0.717) is 12.0 Å². The minimum absolute atomic E-state index is 0.346. The van der Waals surface area contributed by atoms with Crippen LogP contribution in [0.4, 0.5) is 0 Å². The average Bonchev–Trinajstić information content (AvgIpc) is 2.53. The Kier molecular flexibility index (Phi) is 6.07. The molecule has 1 unspecified atom stereocenters. The molecule has 3 heteroatoms. The van der Waals surface area contributed by atoms with Gasteiger partial charge >= 0.3 is 0 Å². The highest BCUT2D eigenvalue weighted by atomic mass is 16.5. The standard InChI is InChI=1S/C18H30N2O/c1-4-14-6-8-15(9-7-14)17(20-19)12-16-11-13(2)5-10-18(16)21-3/h5,10-11,14-15,17,20H,4,6-9,12,19H2,1-3H3. The van der Waals surface area contributed by atoms with Gasteiger partial charge in [-0.1, -0.05) is 43.9 Å². The summed E-state index contributed by atoms with van der Waals surface area (Å²) in [6.07, 6.45) is 7.56. The Balaban J connectivity index is 2.04. The monoisotopic (exact) mass is 290 g/mol. The number of rotatable bonds is 6. The zero-order valence-electron chi connectivity index (χ0n) is 13.7. The lowest BCUT2D eigenvalue weighted by Crippen LogP contribution is -2.43. The molecule has 0 aromatic heterocycles. The van der Waals surface area contributed by atoms with Crippen molar-refractivity contribution in [2.24, 2.45) is 17.7 Å². The number of methoxy groups -OCH3 is 1. The topological polar surface area (TPSA) is 47.3 Å². The molecule has 0 aliphatic heterocycles. The molecule has 3 nitrogen and oxygen atoms in total. The number of hydrogen-bond donors (Lipinski definition) is 2. The van der Waals surface area contributed by atoms with Gasteiger partial charge in [0.05, 0.1) is 7.11 Å². The lowest BCUT2D eigenvalue weighted by molar-refractivity contribution is 0.216. The van der Waals surface area contributed by atoms with Crippen LogP contribution in [0.2, 0.25) is 0 Å². The van der Waals surface area contributed by atoms with Crippen LogP contribution in [0, 0.1) is 18.8 Å². The Hall–Kier alpha value is -1.06. The van der Waals surface area contributed by atoms with Gasteiger partial charge in [0.15, 0.2) is 0 Å². The van der Waals surface area contributed by atoms with E-state index in [0.717, 1.165) is 18.1 Å². The molecule has 0 spiro atoms. The summed E-state index contributed by atoms with van der Waals surface area (Å²) in [6.45, 7) is 4.43. The molecule has 0 saturated heterocycles. The second-order valence-corrected chi connectivity index (χ2v) is 6.48. The highest BCUT2D eigenvalue weighted by Gasteiger charge is 2.27. The van der Waals surface area contributed by atoms with Crippen LogP contribution >= 0.6 is 0 Å². The van der Waals surface area contributed by atoms with Crippen molar-refractivity contribution in [1.82, 2.24) is 5.43 Å². The van der Waals surface area contributed by atoms with Crippen LogP contribution in [-0.2, 0) is 6.42 Å². The second kappa shape index (κ2) is 7.81. The van der Waals surface area contributed by atoms with E-state index in [4.69, 9.17) is 10.6 Å². The molecule has 1 aromatic carbocycles. The molecule has 1 atom stereocenters. The van der Waals surface area contributed by atoms with Crippen LogP contribution in [0.3, 0.4) is 0 Å². The third-order valence-electron chi connectivity index (χ3n) is 5.13. The third kappa shape index (κ3) is 4.21. The smallest absolute Gasteiger partial charge is 0.122 e. The fraction of sp³-hybridized carbons (Fsp3) is 0.667. The van der Waals surface area contributed by atoms with Crippen molar-refractivity contribution in [3.63, 3.8) is 0 Å². The molecule has 2 rings (SSSR count). The summed E-state index contributed by atoms with van der Waals surface area (Å²) in [5.41, 5.74) is 5.60. The van der Waals surface area contributed by atoms with Crippen molar-refractivity contribution in [3.05, 3.63) is 29.3 Å². The molecule has 1 aliphatic carbocycles. The first-order valence-electron chi connectivity index (χ1n) is 8.27. The average molecular weight is 290 g/mol. The molecule has 1 aliphatic rings. The highest BCUT2D eigenvalue weighted by Crippen LogP contribution is 2.34. The number of nitrogens with one attached hydrogen (secondary N) is 1. The molecule has 1 fully saturated rings. The Morgan fingerprint density at radius 2 is 2.00 bits per heavy atom. The van der Waals surface area contributed by atoms with Crippen molar-refractivity contribution in [3.8, 4) is 5.75 Å². The maximum Gasteiger partial charge on any atom is 0.122 e. The quantitative estimate of drug-likeness (QED) is 0.621. The van der Waals surface area contributed by atoms with Crippen molar-refractivity contribution in [1.29, 1.82) is 0 Å². The Labute approximate surface area is 129 Å². The summed E-state index contributed by atoms with van der Waals surface area (Å²) in [6, 6.07) is 6.73. The molecular formula is C18H30N2O. The summed E-state index contributed by atoms with van der Waals surface area (Å²) in [5.74, 6) is 8.44. The largest absolute Gasteiger partial charge is 0.496 e. The van der Waals surface area contributed by atoms with Gasteiger partial charge in [-0.15, -0.1) is 0 Å². The zero-order valence-corrected chi connectivity index (χ0v) is 13.7. The van der Waals surface area contributed by atoms with Crippen molar-refractivity contribution >= 4 is 0 Å². The lowest BCUT2D eigenvalue weighted by Gasteiger charge is -2.33. The van der Waals surface area contributed by atoms with Gasteiger partial charge in [-0.2, -0.15) is 0 Å². The molecule has 0 radical (unpaired) electrons. The molecule has 1 aromatic rings. The fourth-order valence-electron chi connectivity index (χ4n) is 3.66. The van der Waals surface area contributed by atoms with Gasteiger partial charge in [0.2, 0.25) is 0 Å². The molecule has 0 heterocycles. The van der Waals surface area contributed by atoms with E-state index in [1.807, 2.05) is 0 Å². The van der Waals surface area contributed by atoms with Gasteiger partial charge in [0.25, 0.3) is 0 Å². The van der Waals surface area contributed by atoms with E-state index in [2.05, 4.69) is 37.5 Å². The lowest BCUT2D eigenvalue weighted by atomic mass is 9.76. The normalized spacial score (nSPS) is 23.8. The van der Waals surface area contributed by atoms with Crippen molar-refractivity contribution in [2.75, 3.05) is 7.11 Å². The number of hydrogen-bond acceptors (Lipinski definition) is 3. The van der Waals surface area contributed by atoms with Gasteiger partial charge in [-0.05, 0) is 49.7 Å². The minimum Gasteiger partial charge on any atom is -0.496 e. The molecule has 21 heavy (non-hydrogen) atoms. The molecule has 0 bridgehead atoms. The van der Waals surface area contributed by atoms with E-state index in [-0.39, 0.29) is 0 Å². The van der Waals surface area contributed by atoms with Crippen LogP contribution in [0.15, 0.2) is 18.2 Å². The first-order chi connectivity index (χ1) is 10.2. The molecule has 1 saturated carbocycles. The summed E-state index contributed by atoms with van der Waals surface area (Å²) >= 11 is 0. The summed E-state index contributed by atoms with van der Waals surface area (Å²) in [4.78, 5) is 0. The maximum absolute atomic E-state index is 5.86. The van der Waals surface area contributed by atoms with Gasteiger partial charge in [0, 0.05) is 6.04 Å². The van der Waals surface area contributed by atoms with Crippen molar-refractivity contribution in [2.45, 2.75) is 58.4 Å². The zero-order chi connectivity index (χ0) is 15.2. The van der Waals surface area contributed by atoms with E-state index < -0.39 is 0 Å².